The van der Waals surface area contributed by atoms with Gasteiger partial charge in [-0.25, -0.2) is 9.37 Å². The molecule has 4 aromatic rings. The van der Waals surface area contributed by atoms with E-state index in [9.17, 15) is 9.18 Å². The Balaban J connectivity index is 1.29. The van der Waals surface area contributed by atoms with Crippen LogP contribution in [0.25, 0.3) is 21.1 Å². The van der Waals surface area contributed by atoms with Crippen molar-refractivity contribution in [1.29, 1.82) is 0 Å². The number of para-hydroxylation sites is 1. The summed E-state index contributed by atoms with van der Waals surface area (Å²) in [5.74, 6) is -0.343. The molecule has 3 heterocycles. The first-order chi connectivity index (χ1) is 15.6. The third kappa shape index (κ3) is 4.01. The number of anilines is 1. The number of nitrogens with zero attached hydrogens (tertiary/aromatic N) is 4. The van der Waals surface area contributed by atoms with E-state index in [-0.39, 0.29) is 11.7 Å². The molecule has 1 saturated heterocycles. The summed E-state index contributed by atoms with van der Waals surface area (Å²) in [5.41, 5.74) is 4.05. The van der Waals surface area contributed by atoms with E-state index in [4.69, 9.17) is 0 Å². The molecule has 5 rings (SSSR count). The van der Waals surface area contributed by atoms with Gasteiger partial charge in [-0.3, -0.25) is 9.89 Å². The van der Waals surface area contributed by atoms with Gasteiger partial charge < -0.3 is 9.80 Å². The molecule has 0 bridgehead atoms. The Morgan fingerprint density at radius 2 is 1.75 bits per heavy atom. The minimum atomic E-state index is -0.274. The van der Waals surface area contributed by atoms with Gasteiger partial charge in [0.05, 0.1) is 16.3 Å². The van der Waals surface area contributed by atoms with E-state index < -0.39 is 0 Å². The van der Waals surface area contributed by atoms with E-state index in [1.54, 1.807) is 18.2 Å². The predicted molar refractivity (Wildman–Crippen MR) is 124 cm³/mol. The number of nitrogens with one attached hydrogen (secondary N) is 1. The normalized spacial score (nSPS) is 14.1. The van der Waals surface area contributed by atoms with Crippen molar-refractivity contribution in [2.75, 3.05) is 31.1 Å². The van der Waals surface area contributed by atoms with Gasteiger partial charge in [0.25, 0.3) is 5.91 Å². The molecule has 0 atom stereocenters. The maximum atomic E-state index is 13.2. The summed E-state index contributed by atoms with van der Waals surface area (Å²) in [4.78, 5) is 22.7. The number of hydrogen-bond acceptors (Lipinski definition) is 5. The Morgan fingerprint density at radius 3 is 2.47 bits per heavy atom. The van der Waals surface area contributed by atoms with Crippen LogP contribution in [0.1, 0.15) is 16.2 Å². The molecule has 1 aliphatic rings. The van der Waals surface area contributed by atoms with Crippen molar-refractivity contribution in [3.05, 3.63) is 77.9 Å². The molecule has 0 saturated carbocycles. The molecule has 1 fully saturated rings. The fourth-order valence-electron chi connectivity index (χ4n) is 3.88. The third-order valence-corrected chi connectivity index (χ3v) is 6.86. The lowest BCUT2D eigenvalue weighted by Gasteiger charge is -2.35. The zero-order valence-electron chi connectivity index (χ0n) is 17.6. The van der Waals surface area contributed by atoms with E-state index in [0.717, 1.165) is 39.9 Å². The molecule has 1 N–H and O–H groups in total. The van der Waals surface area contributed by atoms with Crippen LogP contribution in [0.4, 0.5) is 10.1 Å². The molecule has 0 unspecified atom stereocenters. The summed E-state index contributed by atoms with van der Waals surface area (Å²) >= 11 is 1.49. The van der Waals surface area contributed by atoms with E-state index >= 15 is 0 Å². The Kier molecular flexibility index (Phi) is 5.45. The highest BCUT2D eigenvalue weighted by molar-refractivity contribution is 7.18. The zero-order valence-corrected chi connectivity index (χ0v) is 18.4. The number of rotatable bonds is 4. The summed E-state index contributed by atoms with van der Waals surface area (Å²) < 4.78 is 13.2. The van der Waals surface area contributed by atoms with E-state index in [1.165, 1.54) is 29.2 Å². The largest absolute Gasteiger partial charge is 0.368 e. The second-order valence-electron chi connectivity index (χ2n) is 7.72. The van der Waals surface area contributed by atoms with Crippen LogP contribution in [0, 0.1) is 12.7 Å². The summed E-state index contributed by atoms with van der Waals surface area (Å²) in [7, 11) is 0. The van der Waals surface area contributed by atoms with Crippen LogP contribution >= 0.6 is 11.3 Å². The second-order valence-corrected chi connectivity index (χ2v) is 8.72. The van der Waals surface area contributed by atoms with Crippen molar-refractivity contribution in [2.24, 2.45) is 0 Å². The molecule has 0 aliphatic carbocycles. The molecule has 1 amide bonds. The SMILES string of the molecule is Cc1nc(-c2ccc(F)cc2)sc1-c1cc(C(=O)N2CCN(c3ccccc3)CC2)n[nH]1. The Hall–Kier alpha value is -3.52. The van der Waals surface area contributed by atoms with Gasteiger partial charge in [-0.2, -0.15) is 5.10 Å². The van der Waals surface area contributed by atoms with Gasteiger partial charge in [0.15, 0.2) is 5.69 Å². The van der Waals surface area contributed by atoms with E-state index in [0.29, 0.717) is 18.8 Å². The number of halogens is 1. The smallest absolute Gasteiger partial charge is 0.274 e. The highest BCUT2D eigenvalue weighted by atomic mass is 32.1. The third-order valence-electron chi connectivity index (χ3n) is 5.62. The highest BCUT2D eigenvalue weighted by Gasteiger charge is 2.25. The first kappa shape index (κ1) is 20.4. The van der Waals surface area contributed by atoms with Crippen molar-refractivity contribution in [3.63, 3.8) is 0 Å². The van der Waals surface area contributed by atoms with Crippen LogP contribution in [-0.2, 0) is 0 Å². The van der Waals surface area contributed by atoms with Gasteiger partial charge in [0, 0.05) is 37.4 Å². The van der Waals surface area contributed by atoms with Crippen LogP contribution in [0.2, 0.25) is 0 Å². The average Bonchev–Trinajstić information content (AvgIpc) is 3.47. The molecular weight excluding hydrogens is 425 g/mol. The summed E-state index contributed by atoms with van der Waals surface area (Å²) in [5, 5.41) is 8.08. The minimum absolute atomic E-state index is 0.0684. The molecule has 6 nitrogen and oxygen atoms in total. The number of benzene rings is 2. The van der Waals surface area contributed by atoms with Crippen molar-refractivity contribution in [2.45, 2.75) is 6.92 Å². The van der Waals surface area contributed by atoms with E-state index in [1.807, 2.05) is 30.0 Å². The standard InChI is InChI=1S/C24H22FN5OS/c1-16-22(32-23(26-16)17-7-9-18(25)10-8-17)20-15-21(28-27-20)24(31)30-13-11-29(12-14-30)19-5-3-2-4-6-19/h2-10,15H,11-14H2,1H3,(H,27,28). The quantitative estimate of drug-likeness (QED) is 0.496. The summed E-state index contributed by atoms with van der Waals surface area (Å²) in [6.07, 6.45) is 0. The zero-order chi connectivity index (χ0) is 22.1. The average molecular weight is 448 g/mol. The number of thiazole rings is 1. The number of hydrogen-bond donors (Lipinski definition) is 1. The van der Waals surface area contributed by atoms with Gasteiger partial charge >= 0.3 is 0 Å². The van der Waals surface area contributed by atoms with E-state index in [2.05, 4.69) is 32.2 Å². The fraction of sp³-hybridized carbons (Fsp3) is 0.208. The monoisotopic (exact) mass is 447 g/mol. The van der Waals surface area contributed by atoms with Crippen molar-refractivity contribution in [3.8, 4) is 21.1 Å². The predicted octanol–water partition coefficient (Wildman–Crippen LogP) is 4.61. The molecule has 2 aromatic carbocycles. The highest BCUT2D eigenvalue weighted by Crippen LogP contribution is 2.34. The summed E-state index contributed by atoms with van der Waals surface area (Å²) in [6.45, 7) is 4.82. The molecular formula is C24H22FN5OS. The minimum Gasteiger partial charge on any atom is -0.368 e. The number of aryl methyl sites for hydroxylation is 1. The second kappa shape index (κ2) is 8.55. The van der Waals surface area contributed by atoms with Gasteiger partial charge in [-0.15, -0.1) is 11.3 Å². The molecule has 1 aliphatic heterocycles. The fourth-order valence-corrected chi connectivity index (χ4v) is 4.92. The lowest BCUT2D eigenvalue weighted by atomic mass is 10.2. The number of amides is 1. The lowest BCUT2D eigenvalue weighted by Crippen LogP contribution is -2.48. The molecule has 0 radical (unpaired) electrons. The number of aromatic nitrogens is 3. The number of carbonyl (C=O) groups is 1. The molecule has 0 spiro atoms. The van der Waals surface area contributed by atoms with Gasteiger partial charge in [0.2, 0.25) is 0 Å². The number of aromatic amines is 1. The molecule has 8 heteroatoms. The first-order valence-electron chi connectivity index (χ1n) is 10.5. The molecule has 2 aromatic heterocycles. The Morgan fingerprint density at radius 1 is 1.03 bits per heavy atom. The van der Waals surface area contributed by atoms with Crippen LogP contribution < -0.4 is 4.90 Å². The van der Waals surface area contributed by atoms with Crippen LogP contribution in [0.3, 0.4) is 0 Å². The molecule has 162 valence electrons. The Labute approximate surface area is 189 Å². The van der Waals surface area contributed by atoms with Crippen molar-refractivity contribution >= 4 is 22.9 Å². The molecule has 32 heavy (non-hydrogen) atoms. The number of H-pyrrole nitrogens is 1. The van der Waals surface area contributed by atoms with Crippen LogP contribution in [0.5, 0.6) is 0 Å². The van der Waals surface area contributed by atoms with Crippen molar-refractivity contribution < 1.29 is 9.18 Å². The Bertz CT molecular complexity index is 1230. The van der Waals surface area contributed by atoms with Gasteiger partial charge in [0.1, 0.15) is 10.8 Å². The van der Waals surface area contributed by atoms with Gasteiger partial charge in [-0.1, -0.05) is 18.2 Å². The number of carbonyl (C=O) groups excluding carboxylic acids is 1. The maximum absolute atomic E-state index is 13.2. The van der Waals surface area contributed by atoms with Crippen LogP contribution in [0.15, 0.2) is 60.7 Å². The van der Waals surface area contributed by atoms with Crippen molar-refractivity contribution in [1.82, 2.24) is 20.1 Å². The van der Waals surface area contributed by atoms with Gasteiger partial charge in [-0.05, 0) is 49.4 Å². The topological polar surface area (TPSA) is 65.1 Å². The lowest BCUT2D eigenvalue weighted by molar-refractivity contribution is 0.0741. The number of piperazine rings is 1. The summed E-state index contributed by atoms with van der Waals surface area (Å²) in [6, 6.07) is 18.3. The maximum Gasteiger partial charge on any atom is 0.274 e. The van der Waals surface area contributed by atoms with Crippen LogP contribution in [-0.4, -0.2) is 52.2 Å². The first-order valence-corrected chi connectivity index (χ1v) is 11.3.